The van der Waals surface area contributed by atoms with Gasteiger partial charge in [-0.25, -0.2) is 13.8 Å². The second kappa shape index (κ2) is 5.55. The molecule has 0 N–H and O–H groups in total. The molecule has 0 aliphatic rings. The minimum Gasteiger partial charge on any atom is -0.469 e. The van der Waals surface area contributed by atoms with Gasteiger partial charge in [0.05, 0.1) is 19.1 Å². The molecule has 1 rings (SSSR count). The van der Waals surface area contributed by atoms with Crippen LogP contribution >= 0.6 is 11.6 Å². The second-order valence-corrected chi connectivity index (χ2v) is 3.42. The summed E-state index contributed by atoms with van der Waals surface area (Å²) in [5.74, 6) is -0.696. The van der Waals surface area contributed by atoms with Gasteiger partial charge in [-0.05, 0) is 11.6 Å². The fraction of sp³-hybridized carbons (Fsp3) is 0.300. The van der Waals surface area contributed by atoms with Gasteiger partial charge in [-0.1, -0.05) is 11.6 Å². The van der Waals surface area contributed by atoms with Gasteiger partial charge in [0.2, 0.25) is 0 Å². The molecule has 0 aliphatic carbocycles. The van der Waals surface area contributed by atoms with Crippen molar-refractivity contribution in [2.45, 2.75) is 12.8 Å². The first-order chi connectivity index (χ1) is 7.99. The first-order valence-electron chi connectivity index (χ1n) is 4.44. The summed E-state index contributed by atoms with van der Waals surface area (Å²) in [5, 5.41) is 8.57. The summed E-state index contributed by atoms with van der Waals surface area (Å²) in [4.78, 5) is 14.5. The van der Waals surface area contributed by atoms with Gasteiger partial charge >= 0.3 is 5.97 Å². The van der Waals surface area contributed by atoms with E-state index in [9.17, 15) is 13.6 Å². The number of esters is 1. The smallest absolute Gasteiger partial charge is 0.309 e. The largest absolute Gasteiger partial charge is 0.469 e. The van der Waals surface area contributed by atoms with Gasteiger partial charge in [0.15, 0.2) is 5.69 Å². The fourth-order valence-corrected chi connectivity index (χ4v) is 1.49. The summed E-state index contributed by atoms with van der Waals surface area (Å²) in [5.41, 5.74) is -1.11. The van der Waals surface area contributed by atoms with Crippen molar-refractivity contribution in [1.29, 1.82) is 5.26 Å². The summed E-state index contributed by atoms with van der Waals surface area (Å²) in [6.07, 6.45) is -3.29. The number of hydrogen-bond acceptors (Lipinski definition) is 4. The molecule has 0 spiro atoms. The van der Waals surface area contributed by atoms with Gasteiger partial charge in [-0.3, -0.25) is 4.79 Å². The highest BCUT2D eigenvalue weighted by Crippen LogP contribution is 2.28. The van der Waals surface area contributed by atoms with Crippen molar-refractivity contribution in [3.8, 4) is 6.07 Å². The minimum absolute atomic E-state index is 0.0524. The van der Waals surface area contributed by atoms with Gasteiger partial charge in [-0.2, -0.15) is 5.26 Å². The molecule has 90 valence electrons. The number of pyridine rings is 1. The molecule has 1 heterocycles. The Morgan fingerprint density at radius 2 is 2.35 bits per heavy atom. The molecule has 0 radical (unpaired) electrons. The number of aromatic nitrogens is 1. The number of carbonyl (C=O) groups excluding carboxylic acids is 1. The highest BCUT2D eigenvalue weighted by Gasteiger charge is 2.22. The normalized spacial score (nSPS) is 10.1. The molecule has 1 aromatic rings. The van der Waals surface area contributed by atoms with Crippen LogP contribution in [0.3, 0.4) is 0 Å². The van der Waals surface area contributed by atoms with E-state index in [0.717, 1.165) is 13.2 Å². The molecular formula is C10H7ClF2N2O2. The third kappa shape index (κ3) is 3.11. The van der Waals surface area contributed by atoms with E-state index >= 15 is 0 Å². The third-order valence-electron chi connectivity index (χ3n) is 2.00. The van der Waals surface area contributed by atoms with Crippen molar-refractivity contribution in [2.75, 3.05) is 7.11 Å². The Hall–Kier alpha value is -1.74. The molecule has 7 heteroatoms. The SMILES string of the molecule is COC(=O)Cc1cc(Cl)nc(C#N)c1C(F)F. The molecular weight excluding hydrogens is 254 g/mol. The Balaban J connectivity index is 3.31. The summed E-state index contributed by atoms with van der Waals surface area (Å²) in [7, 11) is 1.14. The summed E-state index contributed by atoms with van der Waals surface area (Å²) in [6, 6.07) is 2.65. The van der Waals surface area contributed by atoms with Crippen LogP contribution < -0.4 is 0 Å². The minimum atomic E-state index is -2.91. The van der Waals surface area contributed by atoms with Crippen molar-refractivity contribution < 1.29 is 18.3 Å². The lowest BCUT2D eigenvalue weighted by molar-refractivity contribution is -0.139. The quantitative estimate of drug-likeness (QED) is 0.618. The van der Waals surface area contributed by atoms with Crippen LogP contribution in [0.2, 0.25) is 5.15 Å². The van der Waals surface area contributed by atoms with E-state index in [1.165, 1.54) is 6.07 Å². The van der Waals surface area contributed by atoms with Crippen LogP contribution in [0.25, 0.3) is 0 Å². The van der Waals surface area contributed by atoms with Gasteiger partial charge < -0.3 is 4.74 Å². The molecule has 0 fully saturated rings. The number of alkyl halides is 2. The van der Waals surface area contributed by atoms with Crippen LogP contribution in [-0.4, -0.2) is 18.1 Å². The first kappa shape index (κ1) is 13.3. The van der Waals surface area contributed by atoms with Crippen molar-refractivity contribution >= 4 is 17.6 Å². The lowest BCUT2D eigenvalue weighted by atomic mass is 10.0. The Morgan fingerprint density at radius 3 is 2.82 bits per heavy atom. The van der Waals surface area contributed by atoms with E-state index in [0.29, 0.717) is 0 Å². The Morgan fingerprint density at radius 1 is 1.71 bits per heavy atom. The molecule has 0 unspecified atom stereocenters. The van der Waals surface area contributed by atoms with Crippen LogP contribution in [0.4, 0.5) is 8.78 Å². The van der Waals surface area contributed by atoms with Crippen molar-refractivity contribution in [2.24, 2.45) is 0 Å². The topological polar surface area (TPSA) is 63.0 Å². The highest BCUT2D eigenvalue weighted by molar-refractivity contribution is 6.29. The third-order valence-corrected chi connectivity index (χ3v) is 2.19. The predicted octanol–water partition coefficient (Wildman–Crippen LogP) is 2.26. The number of rotatable bonds is 3. The number of carbonyl (C=O) groups is 1. The predicted molar refractivity (Wildman–Crippen MR) is 54.6 cm³/mol. The summed E-state index contributed by atoms with van der Waals surface area (Å²) >= 11 is 5.57. The maximum absolute atomic E-state index is 12.8. The van der Waals surface area contributed by atoms with E-state index in [4.69, 9.17) is 16.9 Å². The van der Waals surface area contributed by atoms with Crippen LogP contribution in [0.5, 0.6) is 0 Å². The van der Waals surface area contributed by atoms with Gasteiger partial charge in [0.1, 0.15) is 11.2 Å². The average molecular weight is 261 g/mol. The standard InChI is InChI=1S/C10H7ClF2N2O2/c1-17-8(16)3-5-2-7(11)15-6(4-14)9(5)10(12)13/h2,10H,3H2,1H3. The molecule has 0 amide bonds. The molecule has 0 atom stereocenters. The lowest BCUT2D eigenvalue weighted by Gasteiger charge is -2.09. The molecule has 0 bridgehead atoms. The number of methoxy groups -OCH3 is 1. The molecule has 1 aromatic heterocycles. The fourth-order valence-electron chi connectivity index (χ4n) is 1.28. The van der Waals surface area contributed by atoms with E-state index in [1.54, 1.807) is 0 Å². The lowest BCUT2D eigenvalue weighted by Crippen LogP contribution is -2.09. The van der Waals surface area contributed by atoms with Crippen LogP contribution in [0.1, 0.15) is 23.2 Å². The molecule has 17 heavy (non-hydrogen) atoms. The van der Waals surface area contributed by atoms with E-state index in [-0.39, 0.29) is 17.1 Å². The maximum atomic E-state index is 12.8. The average Bonchev–Trinajstić information content (AvgIpc) is 2.27. The zero-order chi connectivity index (χ0) is 13.0. The maximum Gasteiger partial charge on any atom is 0.309 e. The van der Waals surface area contributed by atoms with Gasteiger partial charge in [0, 0.05) is 0 Å². The molecule has 0 saturated carbocycles. The molecule has 4 nitrogen and oxygen atoms in total. The highest BCUT2D eigenvalue weighted by atomic mass is 35.5. The summed E-state index contributed by atoms with van der Waals surface area (Å²) in [6.45, 7) is 0. The second-order valence-electron chi connectivity index (χ2n) is 3.03. The zero-order valence-corrected chi connectivity index (χ0v) is 9.46. The van der Waals surface area contributed by atoms with Gasteiger partial charge in [-0.15, -0.1) is 0 Å². The summed E-state index contributed by atoms with van der Waals surface area (Å²) < 4.78 is 29.9. The molecule has 0 aliphatic heterocycles. The van der Waals surface area contributed by atoms with Crippen molar-refractivity contribution in [1.82, 2.24) is 4.98 Å². The zero-order valence-electron chi connectivity index (χ0n) is 8.71. The van der Waals surface area contributed by atoms with E-state index in [1.807, 2.05) is 0 Å². The monoisotopic (exact) mass is 260 g/mol. The Labute approximate surface area is 101 Å². The number of hydrogen-bond donors (Lipinski definition) is 0. The van der Waals surface area contributed by atoms with Crippen molar-refractivity contribution in [3.63, 3.8) is 0 Å². The molecule has 0 saturated heterocycles. The number of nitrogens with zero attached hydrogens (tertiary/aromatic N) is 2. The first-order valence-corrected chi connectivity index (χ1v) is 4.81. The Bertz CT molecular complexity index is 486. The van der Waals surface area contributed by atoms with E-state index < -0.39 is 23.7 Å². The Kier molecular flexibility index (Phi) is 4.35. The van der Waals surface area contributed by atoms with Crippen LogP contribution in [-0.2, 0) is 16.0 Å². The number of nitriles is 1. The van der Waals surface area contributed by atoms with Crippen LogP contribution in [0, 0.1) is 11.3 Å². The van der Waals surface area contributed by atoms with Crippen molar-refractivity contribution in [3.05, 3.63) is 28.0 Å². The number of ether oxygens (including phenoxy) is 1. The van der Waals surface area contributed by atoms with E-state index in [2.05, 4.69) is 9.72 Å². The van der Waals surface area contributed by atoms with Gasteiger partial charge in [0.25, 0.3) is 6.43 Å². The molecule has 0 aromatic carbocycles. The van der Waals surface area contributed by atoms with Crippen LogP contribution in [0.15, 0.2) is 6.07 Å². The number of halogens is 3.